The predicted octanol–water partition coefficient (Wildman–Crippen LogP) is 4.51. The Bertz CT molecular complexity index is 1630. The molecule has 0 saturated heterocycles. The van der Waals surface area contributed by atoms with E-state index in [0.29, 0.717) is 24.2 Å². The molecule has 14 heteroatoms. The number of alkyl halides is 1. The maximum absolute atomic E-state index is 14.4. The molecule has 0 aromatic heterocycles. The van der Waals surface area contributed by atoms with E-state index in [1.54, 1.807) is 27.3 Å². The lowest BCUT2D eigenvalue weighted by molar-refractivity contribution is -0.139. The third-order valence-corrected chi connectivity index (χ3v) is 13.5. The highest BCUT2D eigenvalue weighted by Gasteiger charge is 2.53. The van der Waals surface area contributed by atoms with Crippen LogP contribution in [0.1, 0.15) is 73.7 Å². The Morgan fingerprint density at radius 3 is 2.37 bits per heavy atom. The number of carbonyl (C=O) groups excluding carboxylic acids is 3. The molecule has 3 unspecified atom stereocenters. The summed E-state index contributed by atoms with van der Waals surface area (Å²) < 4.78 is 47.3. The lowest BCUT2D eigenvalue weighted by Gasteiger charge is -2.37. The number of hydrogen-bond donors (Lipinski definition) is 1. The van der Waals surface area contributed by atoms with Crippen molar-refractivity contribution in [3.8, 4) is 5.75 Å². The Hall–Kier alpha value is -2.55. The van der Waals surface area contributed by atoms with Gasteiger partial charge in [-0.25, -0.2) is 12.8 Å². The van der Waals surface area contributed by atoms with E-state index in [-0.39, 0.29) is 52.1 Å². The summed E-state index contributed by atoms with van der Waals surface area (Å²) >= 11 is 0. The molecule has 3 saturated carbocycles. The molecular formula is C32H40BFN2O7P2S. The van der Waals surface area contributed by atoms with Crippen LogP contribution in [-0.4, -0.2) is 64.1 Å². The first-order valence-corrected chi connectivity index (χ1v) is 18.1. The summed E-state index contributed by atoms with van der Waals surface area (Å²) in [5, 5.41) is 3.77. The SMILES string of the molecule is [B]OC(=O)C1CCC(c2cc(C(=O)N(C)[C@@H]3[C@H]4CC[C@@H](C4)[C@@H]3C(=O)Nc3cccc(S(=O)(=O)C(C)(F)P)c3)c(OC)cc2P)CC1. The summed E-state index contributed by atoms with van der Waals surface area (Å²) in [5.74, 6) is -0.929. The highest BCUT2D eigenvalue weighted by Crippen LogP contribution is 2.51. The minimum absolute atomic E-state index is 0.0700. The van der Waals surface area contributed by atoms with Crippen LogP contribution in [0.3, 0.4) is 0 Å². The number of fused-ring (bicyclic) bond motifs is 2. The molecule has 0 heterocycles. The molecule has 3 fully saturated rings. The molecule has 2 amide bonds. The van der Waals surface area contributed by atoms with E-state index < -0.39 is 26.5 Å². The number of benzene rings is 2. The maximum atomic E-state index is 14.4. The van der Waals surface area contributed by atoms with Crippen LogP contribution >= 0.6 is 18.5 Å². The number of carbonyl (C=O) groups is 3. The van der Waals surface area contributed by atoms with Crippen molar-refractivity contribution in [2.24, 2.45) is 23.7 Å². The number of anilines is 1. The molecule has 2 bridgehead atoms. The van der Waals surface area contributed by atoms with E-state index in [9.17, 15) is 27.2 Å². The monoisotopic (exact) mass is 688 g/mol. The van der Waals surface area contributed by atoms with Crippen LogP contribution in [0, 0.1) is 23.7 Å². The number of nitrogens with zero attached hydrogens (tertiary/aromatic N) is 1. The van der Waals surface area contributed by atoms with Gasteiger partial charge in [0.25, 0.3) is 11.9 Å². The number of halogens is 1. The topological polar surface area (TPSA) is 119 Å². The molecule has 46 heavy (non-hydrogen) atoms. The van der Waals surface area contributed by atoms with Crippen molar-refractivity contribution in [2.45, 2.75) is 73.5 Å². The normalized spacial score (nSPS) is 27.0. The Morgan fingerprint density at radius 1 is 1.07 bits per heavy atom. The molecule has 0 aliphatic heterocycles. The number of ether oxygens (including phenoxy) is 1. The number of nitrogens with one attached hydrogen (secondary N) is 1. The summed E-state index contributed by atoms with van der Waals surface area (Å²) in [7, 11) is 8.45. The second-order valence-corrected chi connectivity index (χ2v) is 17.3. The smallest absolute Gasteiger partial charge is 0.378 e. The average molecular weight is 689 g/mol. The van der Waals surface area contributed by atoms with Crippen molar-refractivity contribution in [2.75, 3.05) is 19.5 Å². The second kappa shape index (κ2) is 13.5. The largest absolute Gasteiger partial charge is 0.543 e. The summed E-state index contributed by atoms with van der Waals surface area (Å²) in [5.41, 5.74) is 1.64. The van der Waals surface area contributed by atoms with Gasteiger partial charge in [0.15, 0.2) is 0 Å². The summed E-state index contributed by atoms with van der Waals surface area (Å²) in [6, 6.07) is 8.92. The Morgan fingerprint density at radius 2 is 1.74 bits per heavy atom. The fraction of sp³-hybridized carbons (Fsp3) is 0.531. The summed E-state index contributed by atoms with van der Waals surface area (Å²) in [4.78, 5) is 41.4. The van der Waals surface area contributed by atoms with E-state index >= 15 is 0 Å². The predicted molar refractivity (Wildman–Crippen MR) is 181 cm³/mol. The van der Waals surface area contributed by atoms with Crippen LogP contribution in [0.4, 0.5) is 10.1 Å². The molecule has 0 spiro atoms. The zero-order valence-corrected chi connectivity index (χ0v) is 29.3. The quantitative estimate of drug-likeness (QED) is 0.304. The van der Waals surface area contributed by atoms with E-state index in [1.165, 1.54) is 25.3 Å². The molecule has 1 N–H and O–H groups in total. The standard InChI is InChI=1S/C32H40BFN2O7P2S/c1-32(34,45)46(40,41)22-6-4-5-21(14-22)35-29(37)27-19-11-12-20(13-19)28(27)36(2)30(38)24-15-23(26(44)16-25(24)42-3)17-7-9-18(10-8-17)31(39)43-33/h4-6,14-20,27-28H,7-13,44-45H2,1-3H3,(H,35,37)/t17?,18?,19-,20-,27-,28+,32?/m0/s1. The Balaban J connectivity index is 1.38. The van der Waals surface area contributed by atoms with Gasteiger partial charge in [-0.1, -0.05) is 15.3 Å². The van der Waals surface area contributed by atoms with Gasteiger partial charge < -0.3 is 19.6 Å². The van der Waals surface area contributed by atoms with Crippen LogP contribution in [0.25, 0.3) is 0 Å². The van der Waals surface area contributed by atoms with Crippen LogP contribution in [-0.2, 0) is 24.1 Å². The minimum Gasteiger partial charge on any atom is -0.543 e. The molecule has 7 atom stereocenters. The van der Waals surface area contributed by atoms with E-state index in [0.717, 1.165) is 49.9 Å². The molecule has 2 aromatic rings. The first-order valence-electron chi connectivity index (χ1n) is 15.5. The van der Waals surface area contributed by atoms with Gasteiger partial charge in [0.1, 0.15) is 5.75 Å². The molecule has 2 radical (unpaired) electrons. The van der Waals surface area contributed by atoms with E-state index in [4.69, 9.17) is 12.8 Å². The van der Waals surface area contributed by atoms with Gasteiger partial charge in [0, 0.05) is 18.8 Å². The number of rotatable bonds is 9. The maximum Gasteiger partial charge on any atom is 0.378 e. The molecule has 3 aliphatic carbocycles. The molecular weight excluding hydrogens is 648 g/mol. The number of sulfone groups is 1. The number of methoxy groups -OCH3 is 1. The van der Waals surface area contributed by atoms with Crippen molar-refractivity contribution < 1.29 is 36.6 Å². The molecule has 9 nitrogen and oxygen atoms in total. The Kier molecular flexibility index (Phi) is 10.2. The van der Waals surface area contributed by atoms with Crippen LogP contribution in [0.2, 0.25) is 0 Å². The molecule has 2 aromatic carbocycles. The average Bonchev–Trinajstić information content (AvgIpc) is 3.65. The van der Waals surface area contributed by atoms with Crippen molar-refractivity contribution in [3.63, 3.8) is 0 Å². The summed E-state index contributed by atoms with van der Waals surface area (Å²) in [6.07, 6.45) is 5.34. The van der Waals surface area contributed by atoms with Gasteiger partial charge in [0.2, 0.25) is 20.5 Å². The third-order valence-electron chi connectivity index (χ3n) is 10.1. The van der Waals surface area contributed by atoms with E-state index in [1.807, 2.05) is 12.1 Å². The lowest BCUT2D eigenvalue weighted by atomic mass is 9.78. The number of amides is 2. The lowest BCUT2D eigenvalue weighted by Crippen LogP contribution is -2.49. The van der Waals surface area contributed by atoms with Gasteiger partial charge in [0.05, 0.1) is 29.4 Å². The van der Waals surface area contributed by atoms with Crippen LogP contribution in [0.15, 0.2) is 41.3 Å². The first kappa shape index (κ1) is 34.8. The second-order valence-electron chi connectivity index (χ2n) is 12.9. The highest BCUT2D eigenvalue weighted by molar-refractivity contribution is 7.96. The van der Waals surface area contributed by atoms with Crippen molar-refractivity contribution in [1.29, 1.82) is 0 Å². The van der Waals surface area contributed by atoms with E-state index in [2.05, 4.69) is 19.2 Å². The van der Waals surface area contributed by atoms with Gasteiger partial charge >= 0.3 is 8.05 Å². The fourth-order valence-electron chi connectivity index (χ4n) is 7.75. The van der Waals surface area contributed by atoms with Gasteiger partial charge in [-0.05, 0) is 111 Å². The minimum atomic E-state index is -4.30. The zero-order valence-electron chi connectivity index (χ0n) is 26.2. The van der Waals surface area contributed by atoms with Crippen LogP contribution in [0.5, 0.6) is 5.75 Å². The van der Waals surface area contributed by atoms with Crippen molar-refractivity contribution in [3.05, 3.63) is 47.5 Å². The van der Waals surface area contributed by atoms with Crippen molar-refractivity contribution in [1.82, 2.24) is 4.90 Å². The molecule has 246 valence electrons. The highest BCUT2D eigenvalue weighted by atomic mass is 32.2. The zero-order chi connectivity index (χ0) is 33.6. The van der Waals surface area contributed by atoms with Crippen LogP contribution < -0.4 is 15.4 Å². The van der Waals surface area contributed by atoms with Gasteiger partial charge in [-0.15, -0.1) is 9.24 Å². The molecule has 3 aliphatic rings. The number of hydrogen-bond acceptors (Lipinski definition) is 7. The van der Waals surface area contributed by atoms with Gasteiger partial charge in [-0.2, -0.15) is 0 Å². The van der Waals surface area contributed by atoms with Gasteiger partial charge in [-0.3, -0.25) is 14.4 Å². The molecule has 5 rings (SSSR count). The third kappa shape index (κ3) is 6.59. The fourth-order valence-corrected chi connectivity index (χ4v) is 9.63. The summed E-state index contributed by atoms with van der Waals surface area (Å²) in [6.45, 7) is 0.946. The first-order chi connectivity index (χ1) is 21.7. The Labute approximate surface area is 275 Å². The van der Waals surface area contributed by atoms with Crippen molar-refractivity contribution >= 4 is 65.1 Å².